The molecule has 0 saturated carbocycles. The molecule has 0 bridgehead atoms. The summed E-state index contributed by atoms with van der Waals surface area (Å²) in [5, 5.41) is 0. The van der Waals surface area contributed by atoms with E-state index in [4.69, 9.17) is 5.73 Å². The Morgan fingerprint density at radius 3 is 2.22 bits per heavy atom. The molecule has 0 amide bonds. The standard InChI is InChI=1S/C14H23N3O4S2/c1-22(18,19)11-10-17-8-6-13(7-9-17)16-23(20,21)14-4-2-12(15)3-5-14/h2-5,13,16H,6-11,15H2,1H3. The Morgan fingerprint density at radius 2 is 1.70 bits per heavy atom. The topological polar surface area (TPSA) is 110 Å². The average molecular weight is 361 g/mol. The number of piperidine rings is 1. The maximum atomic E-state index is 12.3. The van der Waals surface area contributed by atoms with Crippen molar-refractivity contribution >= 4 is 25.5 Å². The zero-order valence-electron chi connectivity index (χ0n) is 13.1. The second-order valence-corrected chi connectivity index (χ2v) is 9.91. The van der Waals surface area contributed by atoms with Crippen molar-refractivity contribution in [3.8, 4) is 0 Å². The van der Waals surface area contributed by atoms with Gasteiger partial charge in [-0.15, -0.1) is 0 Å². The van der Waals surface area contributed by atoms with Gasteiger partial charge in [-0.2, -0.15) is 0 Å². The second-order valence-electron chi connectivity index (χ2n) is 5.94. The Balaban J connectivity index is 1.87. The van der Waals surface area contributed by atoms with Crippen LogP contribution >= 0.6 is 0 Å². The van der Waals surface area contributed by atoms with Gasteiger partial charge in [-0.25, -0.2) is 21.6 Å². The third-order valence-electron chi connectivity index (χ3n) is 3.88. The average Bonchev–Trinajstić information content (AvgIpc) is 2.46. The number of rotatable bonds is 6. The third-order valence-corrected chi connectivity index (χ3v) is 6.34. The predicted octanol–water partition coefficient (Wildman–Crippen LogP) is 0.0561. The largest absolute Gasteiger partial charge is 0.399 e. The molecular weight excluding hydrogens is 338 g/mol. The first-order chi connectivity index (χ1) is 10.7. The molecule has 9 heteroatoms. The molecule has 0 aliphatic carbocycles. The normalized spacial score (nSPS) is 18.1. The first kappa shape index (κ1) is 18.2. The molecule has 0 unspecified atom stereocenters. The summed E-state index contributed by atoms with van der Waals surface area (Å²) in [6, 6.07) is 5.95. The Bertz CT molecular complexity index is 722. The molecule has 1 fully saturated rings. The lowest BCUT2D eigenvalue weighted by molar-refractivity contribution is 0.218. The van der Waals surface area contributed by atoms with E-state index in [-0.39, 0.29) is 16.7 Å². The fraction of sp³-hybridized carbons (Fsp3) is 0.571. The van der Waals surface area contributed by atoms with Crippen LogP contribution < -0.4 is 10.5 Å². The van der Waals surface area contributed by atoms with E-state index in [0.717, 1.165) is 0 Å². The van der Waals surface area contributed by atoms with Crippen LogP contribution in [0.15, 0.2) is 29.2 Å². The lowest BCUT2D eigenvalue weighted by Gasteiger charge is -2.31. The van der Waals surface area contributed by atoms with Gasteiger partial charge in [0.15, 0.2) is 0 Å². The number of benzene rings is 1. The third kappa shape index (κ3) is 5.76. The summed E-state index contributed by atoms with van der Waals surface area (Å²) in [5.41, 5.74) is 6.08. The van der Waals surface area contributed by atoms with Crippen molar-refractivity contribution in [1.29, 1.82) is 0 Å². The molecule has 0 atom stereocenters. The Morgan fingerprint density at radius 1 is 1.13 bits per heavy atom. The molecule has 23 heavy (non-hydrogen) atoms. The minimum Gasteiger partial charge on any atom is -0.399 e. The molecule has 1 heterocycles. The number of nitrogens with one attached hydrogen (secondary N) is 1. The summed E-state index contributed by atoms with van der Waals surface area (Å²) in [6.45, 7) is 1.87. The summed E-state index contributed by atoms with van der Waals surface area (Å²) in [5.74, 6) is 0.134. The molecule has 2 rings (SSSR count). The minimum atomic E-state index is -3.55. The molecule has 3 N–H and O–H groups in total. The van der Waals surface area contributed by atoms with Crippen molar-refractivity contribution in [3.05, 3.63) is 24.3 Å². The van der Waals surface area contributed by atoms with E-state index in [9.17, 15) is 16.8 Å². The quantitative estimate of drug-likeness (QED) is 0.693. The van der Waals surface area contributed by atoms with Crippen LogP contribution in [0.25, 0.3) is 0 Å². The van der Waals surface area contributed by atoms with E-state index < -0.39 is 19.9 Å². The molecular formula is C14H23N3O4S2. The minimum absolute atomic E-state index is 0.132. The zero-order valence-corrected chi connectivity index (χ0v) is 14.7. The molecule has 0 spiro atoms. The summed E-state index contributed by atoms with van der Waals surface area (Å²) >= 11 is 0. The van der Waals surface area contributed by atoms with E-state index >= 15 is 0 Å². The molecule has 0 radical (unpaired) electrons. The van der Waals surface area contributed by atoms with Gasteiger partial charge in [0.25, 0.3) is 0 Å². The van der Waals surface area contributed by atoms with Crippen LogP contribution in [0, 0.1) is 0 Å². The summed E-state index contributed by atoms with van der Waals surface area (Å²) in [6.07, 6.45) is 2.55. The molecule has 130 valence electrons. The highest BCUT2D eigenvalue weighted by Gasteiger charge is 2.24. The second kappa shape index (κ2) is 7.16. The molecule has 1 aromatic carbocycles. The Labute approximate surface area is 137 Å². The summed E-state index contributed by atoms with van der Waals surface area (Å²) < 4.78 is 49.7. The first-order valence-corrected chi connectivity index (χ1v) is 11.0. The molecule has 7 nitrogen and oxygen atoms in total. The van der Waals surface area contributed by atoms with Gasteiger partial charge in [-0.05, 0) is 50.2 Å². The lowest BCUT2D eigenvalue weighted by Crippen LogP contribution is -2.45. The number of nitrogens with zero attached hydrogens (tertiary/aromatic N) is 1. The van der Waals surface area contributed by atoms with Crippen LogP contribution in [0.4, 0.5) is 5.69 Å². The SMILES string of the molecule is CS(=O)(=O)CCN1CCC(NS(=O)(=O)c2ccc(N)cc2)CC1. The van der Waals surface area contributed by atoms with Gasteiger partial charge in [0.05, 0.1) is 10.6 Å². The summed E-state index contributed by atoms with van der Waals surface area (Å²) in [4.78, 5) is 2.25. The molecule has 1 aromatic rings. The van der Waals surface area contributed by atoms with Gasteiger partial charge in [-0.3, -0.25) is 0 Å². The monoisotopic (exact) mass is 361 g/mol. The highest BCUT2D eigenvalue weighted by molar-refractivity contribution is 7.90. The van der Waals surface area contributed by atoms with Gasteiger partial charge in [0, 0.05) is 24.5 Å². The number of sulfone groups is 1. The maximum Gasteiger partial charge on any atom is 0.240 e. The molecule has 1 saturated heterocycles. The number of likely N-dealkylation sites (tertiary alicyclic amines) is 1. The number of nitrogens with two attached hydrogens (primary N) is 1. The van der Waals surface area contributed by atoms with Crippen LogP contribution in [-0.4, -0.2) is 59.4 Å². The summed E-state index contributed by atoms with van der Waals surface area (Å²) in [7, 11) is -6.52. The van der Waals surface area contributed by atoms with Crippen LogP contribution in [0.1, 0.15) is 12.8 Å². The van der Waals surface area contributed by atoms with Crippen molar-refractivity contribution in [2.24, 2.45) is 0 Å². The van der Waals surface area contributed by atoms with E-state index in [1.165, 1.54) is 18.4 Å². The number of hydrogen-bond donors (Lipinski definition) is 2. The zero-order chi connectivity index (χ0) is 17.1. The van der Waals surface area contributed by atoms with Gasteiger partial charge < -0.3 is 10.6 Å². The highest BCUT2D eigenvalue weighted by Crippen LogP contribution is 2.16. The van der Waals surface area contributed by atoms with Crippen molar-refractivity contribution in [1.82, 2.24) is 9.62 Å². The number of anilines is 1. The molecule has 0 aromatic heterocycles. The number of nitrogen functional groups attached to an aromatic ring is 1. The van der Waals surface area contributed by atoms with Gasteiger partial charge >= 0.3 is 0 Å². The van der Waals surface area contributed by atoms with Crippen molar-refractivity contribution in [2.45, 2.75) is 23.8 Å². The van der Waals surface area contributed by atoms with Crippen molar-refractivity contribution < 1.29 is 16.8 Å². The van der Waals surface area contributed by atoms with E-state index in [1.54, 1.807) is 12.1 Å². The van der Waals surface area contributed by atoms with Crippen LogP contribution in [0.2, 0.25) is 0 Å². The van der Waals surface area contributed by atoms with Crippen LogP contribution in [0.5, 0.6) is 0 Å². The van der Waals surface area contributed by atoms with Gasteiger partial charge in [-0.1, -0.05) is 0 Å². The number of sulfonamides is 1. The Hall–Kier alpha value is -1.16. The van der Waals surface area contributed by atoms with Crippen LogP contribution in [-0.2, 0) is 19.9 Å². The highest BCUT2D eigenvalue weighted by atomic mass is 32.2. The fourth-order valence-corrected chi connectivity index (χ4v) is 4.40. The van der Waals surface area contributed by atoms with Crippen LogP contribution in [0.3, 0.4) is 0 Å². The fourth-order valence-electron chi connectivity index (χ4n) is 2.50. The predicted molar refractivity (Wildman–Crippen MR) is 90.3 cm³/mol. The van der Waals surface area contributed by atoms with Gasteiger partial charge in [0.2, 0.25) is 10.0 Å². The maximum absolute atomic E-state index is 12.3. The van der Waals surface area contributed by atoms with Crippen molar-refractivity contribution in [2.75, 3.05) is 37.4 Å². The number of hydrogen-bond acceptors (Lipinski definition) is 6. The van der Waals surface area contributed by atoms with Gasteiger partial charge in [0.1, 0.15) is 9.84 Å². The lowest BCUT2D eigenvalue weighted by atomic mass is 10.1. The smallest absolute Gasteiger partial charge is 0.240 e. The first-order valence-electron chi connectivity index (χ1n) is 7.44. The van der Waals surface area contributed by atoms with E-state index in [0.29, 0.717) is 38.2 Å². The molecule has 1 aliphatic rings. The Kier molecular flexibility index (Phi) is 5.66. The molecule has 1 aliphatic heterocycles. The van der Waals surface area contributed by atoms with E-state index in [1.807, 2.05) is 0 Å². The van der Waals surface area contributed by atoms with E-state index in [2.05, 4.69) is 9.62 Å². The van der Waals surface area contributed by atoms with Crippen molar-refractivity contribution in [3.63, 3.8) is 0 Å².